The van der Waals surface area contributed by atoms with Gasteiger partial charge in [-0.15, -0.1) is 0 Å². The third-order valence-electron chi connectivity index (χ3n) is 3.20. The largest absolute Gasteiger partial charge is 0.326 e. The summed E-state index contributed by atoms with van der Waals surface area (Å²) < 4.78 is 1.89. The number of nitrogens with zero attached hydrogens (tertiary/aromatic N) is 2. The van der Waals surface area contributed by atoms with Crippen LogP contribution in [0.1, 0.15) is 13.3 Å². The molecule has 0 saturated carbocycles. The van der Waals surface area contributed by atoms with Crippen LogP contribution in [0, 0.1) is 0 Å². The Labute approximate surface area is 127 Å². The summed E-state index contributed by atoms with van der Waals surface area (Å²) in [4.78, 5) is 15.9. The van der Waals surface area contributed by atoms with Gasteiger partial charge in [-0.05, 0) is 24.3 Å². The summed E-state index contributed by atoms with van der Waals surface area (Å²) in [6.45, 7) is 1.82. The molecule has 0 fully saturated rings. The van der Waals surface area contributed by atoms with Gasteiger partial charge < -0.3 is 9.72 Å². The average molecular weight is 300 g/mol. The maximum atomic E-state index is 11.3. The zero-order chi connectivity index (χ0) is 14.8. The van der Waals surface area contributed by atoms with E-state index >= 15 is 0 Å². The third kappa shape index (κ3) is 2.90. The first kappa shape index (κ1) is 13.6. The Bertz CT molecular complexity index is 793. The molecule has 1 aromatic carbocycles. The second kappa shape index (κ2) is 5.58. The Balaban J connectivity index is 1.90. The number of halogens is 1. The maximum Gasteiger partial charge on any atom is 0.224 e. The minimum atomic E-state index is 0.00474. The normalized spacial score (nSPS) is 10.8. The summed E-state index contributed by atoms with van der Waals surface area (Å²) >= 11 is 5.97. The van der Waals surface area contributed by atoms with Crippen LogP contribution in [0.3, 0.4) is 0 Å². The molecule has 21 heavy (non-hydrogen) atoms. The molecule has 3 rings (SSSR count). The van der Waals surface area contributed by atoms with Crippen molar-refractivity contribution in [1.29, 1.82) is 0 Å². The van der Waals surface area contributed by atoms with Crippen molar-refractivity contribution in [2.24, 2.45) is 0 Å². The van der Waals surface area contributed by atoms with Crippen molar-refractivity contribution < 1.29 is 4.79 Å². The summed E-state index contributed by atoms with van der Waals surface area (Å²) in [7, 11) is 0. The van der Waals surface area contributed by atoms with E-state index in [9.17, 15) is 4.79 Å². The first-order chi connectivity index (χ1) is 10.2. The van der Waals surface area contributed by atoms with E-state index in [-0.39, 0.29) is 5.91 Å². The molecular formula is C16H14ClN3O. The first-order valence-electron chi connectivity index (χ1n) is 6.70. The Kier molecular flexibility index (Phi) is 3.62. The zero-order valence-electron chi connectivity index (χ0n) is 11.5. The molecule has 0 radical (unpaired) electrons. The van der Waals surface area contributed by atoms with E-state index in [0.29, 0.717) is 11.4 Å². The van der Waals surface area contributed by atoms with E-state index in [4.69, 9.17) is 11.6 Å². The number of carbonyl (C=O) groups excluding carboxylic acids is 1. The molecule has 1 amide bonds. The molecule has 0 atom stereocenters. The summed E-state index contributed by atoms with van der Waals surface area (Å²) in [5.74, 6) is 0.00474. The number of carbonyl (C=O) groups is 1. The van der Waals surface area contributed by atoms with Crippen molar-refractivity contribution in [3.05, 3.63) is 53.8 Å². The number of rotatable bonds is 3. The molecule has 5 heteroatoms. The summed E-state index contributed by atoms with van der Waals surface area (Å²) in [6, 6.07) is 11.3. The highest BCUT2D eigenvalue weighted by molar-refractivity contribution is 6.30. The minimum Gasteiger partial charge on any atom is -0.326 e. The lowest BCUT2D eigenvalue weighted by Crippen LogP contribution is -2.08. The molecule has 0 aliphatic heterocycles. The van der Waals surface area contributed by atoms with Crippen LogP contribution in [0.2, 0.25) is 5.02 Å². The molecule has 2 heterocycles. The second-order valence-electron chi connectivity index (χ2n) is 4.72. The Morgan fingerprint density at radius 1 is 1.19 bits per heavy atom. The Morgan fingerprint density at radius 3 is 2.67 bits per heavy atom. The number of hydrogen-bond donors (Lipinski definition) is 1. The molecule has 0 saturated heterocycles. The molecule has 0 bridgehead atoms. The SMILES string of the molecule is CCC(=O)Nc1ccc(-c2cn3cc(Cl)ccc3n2)cc1. The van der Waals surface area contributed by atoms with Crippen molar-refractivity contribution in [2.45, 2.75) is 13.3 Å². The lowest BCUT2D eigenvalue weighted by molar-refractivity contribution is -0.115. The van der Waals surface area contributed by atoms with Crippen LogP contribution in [0.15, 0.2) is 48.8 Å². The molecule has 0 aliphatic rings. The molecule has 4 nitrogen and oxygen atoms in total. The van der Waals surface area contributed by atoms with Gasteiger partial charge in [0.25, 0.3) is 0 Å². The van der Waals surface area contributed by atoms with Crippen LogP contribution in [0.4, 0.5) is 5.69 Å². The van der Waals surface area contributed by atoms with Gasteiger partial charge >= 0.3 is 0 Å². The van der Waals surface area contributed by atoms with E-state index in [1.54, 1.807) is 0 Å². The molecule has 0 unspecified atom stereocenters. The van der Waals surface area contributed by atoms with Crippen LogP contribution in [0.25, 0.3) is 16.9 Å². The van der Waals surface area contributed by atoms with Gasteiger partial charge in [-0.1, -0.05) is 30.7 Å². The summed E-state index contributed by atoms with van der Waals surface area (Å²) in [5.41, 5.74) is 3.49. The number of amides is 1. The van der Waals surface area contributed by atoms with Gasteiger partial charge in [0, 0.05) is 30.1 Å². The predicted molar refractivity (Wildman–Crippen MR) is 84.6 cm³/mol. The van der Waals surface area contributed by atoms with Crippen molar-refractivity contribution in [2.75, 3.05) is 5.32 Å². The van der Waals surface area contributed by atoms with Crippen LogP contribution in [-0.2, 0) is 4.79 Å². The fourth-order valence-corrected chi connectivity index (χ4v) is 2.25. The lowest BCUT2D eigenvalue weighted by Gasteiger charge is -2.03. The van der Waals surface area contributed by atoms with Gasteiger partial charge in [-0.25, -0.2) is 4.98 Å². The highest BCUT2D eigenvalue weighted by Crippen LogP contribution is 2.22. The molecule has 2 aromatic heterocycles. The topological polar surface area (TPSA) is 46.4 Å². The number of benzene rings is 1. The number of nitrogens with one attached hydrogen (secondary N) is 1. The lowest BCUT2D eigenvalue weighted by atomic mass is 10.1. The van der Waals surface area contributed by atoms with Gasteiger partial charge in [0.05, 0.1) is 10.7 Å². The fourth-order valence-electron chi connectivity index (χ4n) is 2.08. The third-order valence-corrected chi connectivity index (χ3v) is 3.42. The molecule has 0 aliphatic carbocycles. The van der Waals surface area contributed by atoms with Crippen LogP contribution in [-0.4, -0.2) is 15.3 Å². The van der Waals surface area contributed by atoms with Crippen LogP contribution >= 0.6 is 11.6 Å². The van der Waals surface area contributed by atoms with Gasteiger partial charge in [0.15, 0.2) is 0 Å². The highest BCUT2D eigenvalue weighted by Gasteiger charge is 2.05. The first-order valence-corrected chi connectivity index (χ1v) is 7.08. The van der Waals surface area contributed by atoms with Crippen LogP contribution in [0.5, 0.6) is 0 Å². The van der Waals surface area contributed by atoms with Crippen molar-refractivity contribution in [1.82, 2.24) is 9.38 Å². The number of pyridine rings is 1. The molecule has 3 aromatic rings. The number of anilines is 1. The van der Waals surface area contributed by atoms with Gasteiger partial charge in [-0.2, -0.15) is 0 Å². The quantitative estimate of drug-likeness (QED) is 0.794. The minimum absolute atomic E-state index is 0.00474. The Morgan fingerprint density at radius 2 is 1.95 bits per heavy atom. The molecule has 1 N–H and O–H groups in total. The van der Waals surface area contributed by atoms with Crippen molar-refractivity contribution >= 4 is 28.8 Å². The van der Waals surface area contributed by atoms with E-state index in [1.807, 2.05) is 60.1 Å². The number of fused-ring (bicyclic) bond motifs is 1. The zero-order valence-corrected chi connectivity index (χ0v) is 12.3. The molecular weight excluding hydrogens is 286 g/mol. The number of aromatic nitrogens is 2. The van der Waals surface area contributed by atoms with Gasteiger partial charge in [-0.3, -0.25) is 4.79 Å². The predicted octanol–water partition coefficient (Wildman–Crippen LogP) is 4.00. The summed E-state index contributed by atoms with van der Waals surface area (Å²) in [5, 5.41) is 3.49. The maximum absolute atomic E-state index is 11.3. The van der Waals surface area contributed by atoms with E-state index in [0.717, 1.165) is 22.6 Å². The van der Waals surface area contributed by atoms with E-state index in [2.05, 4.69) is 10.3 Å². The average Bonchev–Trinajstić information content (AvgIpc) is 2.90. The fraction of sp³-hybridized carbons (Fsp3) is 0.125. The monoisotopic (exact) mass is 299 g/mol. The van der Waals surface area contributed by atoms with Crippen molar-refractivity contribution in [3.63, 3.8) is 0 Å². The van der Waals surface area contributed by atoms with Gasteiger partial charge in [0.2, 0.25) is 5.91 Å². The summed E-state index contributed by atoms with van der Waals surface area (Å²) in [6.07, 6.45) is 4.22. The number of imidazole rings is 1. The van der Waals surface area contributed by atoms with Crippen LogP contribution < -0.4 is 5.32 Å². The van der Waals surface area contributed by atoms with Gasteiger partial charge in [0.1, 0.15) is 5.65 Å². The molecule has 0 spiro atoms. The number of hydrogen-bond acceptors (Lipinski definition) is 2. The smallest absolute Gasteiger partial charge is 0.224 e. The highest BCUT2D eigenvalue weighted by atomic mass is 35.5. The van der Waals surface area contributed by atoms with Crippen molar-refractivity contribution in [3.8, 4) is 11.3 Å². The standard InChI is InChI=1S/C16H14ClN3O/c1-2-16(21)18-13-6-3-11(4-7-13)14-10-20-9-12(17)5-8-15(20)19-14/h3-10H,2H2,1H3,(H,18,21). The van der Waals surface area contributed by atoms with E-state index < -0.39 is 0 Å². The Hall–Kier alpha value is -2.33. The van der Waals surface area contributed by atoms with E-state index in [1.165, 1.54) is 0 Å². The second-order valence-corrected chi connectivity index (χ2v) is 5.15. The molecule has 106 valence electrons.